The normalized spacial score (nSPS) is 7.70. The van der Waals surface area contributed by atoms with Gasteiger partial charge in [0.2, 0.25) is 0 Å². The van der Waals surface area contributed by atoms with Crippen LogP contribution in [0.25, 0.3) is 0 Å². The Morgan fingerprint density at radius 2 is 2.20 bits per heavy atom. The molecule has 0 fully saturated rings. The predicted octanol–water partition coefficient (Wildman–Crippen LogP) is 1.45. The van der Waals surface area contributed by atoms with Crippen LogP contribution in [0, 0.1) is 41.7 Å². The first-order valence-corrected chi connectivity index (χ1v) is 2.89. The van der Waals surface area contributed by atoms with Crippen LogP contribution in [-0.2, 0) is 6.54 Å². The Bertz CT molecular complexity index is 141. The predicted molar refractivity (Wildman–Crippen MR) is 35.0 cm³/mol. The third-order valence-electron chi connectivity index (χ3n) is 1.04. The van der Waals surface area contributed by atoms with Crippen molar-refractivity contribution in [2.24, 2.45) is 0 Å². The molecule has 0 aromatic carbocycles. The maximum Gasteiger partial charge on any atom is 0.0945 e. The minimum Gasteiger partial charge on any atom is -0.338 e. The van der Waals surface area contributed by atoms with Crippen LogP contribution in [-0.4, -0.2) is 9.55 Å². The first-order chi connectivity index (χ1) is 3.93. The molecule has 0 saturated carbocycles. The molecule has 4 heteroatoms. The van der Waals surface area contributed by atoms with E-state index in [2.05, 4.69) is 16.5 Å². The molecule has 0 aliphatic rings. The summed E-state index contributed by atoms with van der Waals surface area (Å²) in [6.07, 6.45) is 6.79. The van der Waals surface area contributed by atoms with Crippen LogP contribution >= 0.6 is 0 Å². The van der Waals surface area contributed by atoms with Gasteiger partial charge in [0.25, 0.3) is 0 Å². The summed E-state index contributed by atoms with van der Waals surface area (Å²) in [5.74, 6) is 0. The summed E-state index contributed by atoms with van der Waals surface area (Å²) >= 11 is 0. The largest absolute Gasteiger partial charge is 0.338 e. The summed E-state index contributed by atoms with van der Waals surface area (Å²) < 4.78 is 2.07. The van der Waals surface area contributed by atoms with E-state index in [-0.39, 0.29) is 46.5 Å². The fourth-order valence-corrected chi connectivity index (χ4v) is 0.677. The molecule has 1 aromatic heterocycles. The van der Waals surface area contributed by atoms with Crippen molar-refractivity contribution in [1.82, 2.24) is 9.55 Å². The maximum absolute atomic E-state index is 3.90. The molecule has 0 spiro atoms. The SMILES string of the molecule is CCCn1ccnc1.F.[Ce]. The summed E-state index contributed by atoms with van der Waals surface area (Å²) in [5.41, 5.74) is 0. The molecule has 0 saturated heterocycles. The van der Waals surface area contributed by atoms with Gasteiger partial charge in [0, 0.05) is 60.7 Å². The van der Waals surface area contributed by atoms with E-state index in [0.717, 1.165) is 6.54 Å². The minimum atomic E-state index is 0. The van der Waals surface area contributed by atoms with E-state index in [1.165, 1.54) is 6.42 Å². The zero-order valence-electron chi connectivity index (χ0n) is 5.95. The van der Waals surface area contributed by atoms with Gasteiger partial charge >= 0.3 is 0 Å². The first kappa shape index (κ1) is 13.1. The number of aromatic nitrogens is 2. The van der Waals surface area contributed by atoms with Gasteiger partial charge in [0.05, 0.1) is 6.33 Å². The fourth-order valence-electron chi connectivity index (χ4n) is 0.677. The van der Waals surface area contributed by atoms with E-state index < -0.39 is 0 Å². The number of halogens is 1. The number of imidazole rings is 1. The van der Waals surface area contributed by atoms with Crippen LogP contribution in [0.5, 0.6) is 0 Å². The summed E-state index contributed by atoms with van der Waals surface area (Å²) in [6, 6.07) is 0. The van der Waals surface area contributed by atoms with Crippen LogP contribution in [0.15, 0.2) is 18.7 Å². The molecule has 10 heavy (non-hydrogen) atoms. The third-order valence-corrected chi connectivity index (χ3v) is 1.04. The zero-order chi connectivity index (χ0) is 5.82. The average Bonchev–Trinajstić information content (AvgIpc) is 2.19. The van der Waals surface area contributed by atoms with E-state index in [9.17, 15) is 0 Å². The van der Waals surface area contributed by atoms with Gasteiger partial charge in [0.1, 0.15) is 0 Å². The van der Waals surface area contributed by atoms with Crippen molar-refractivity contribution in [1.29, 1.82) is 0 Å². The molecule has 1 aromatic rings. The van der Waals surface area contributed by atoms with Gasteiger partial charge in [-0.15, -0.1) is 0 Å². The second-order valence-corrected chi connectivity index (χ2v) is 1.80. The second kappa shape index (κ2) is 7.62. The second-order valence-electron chi connectivity index (χ2n) is 1.80. The summed E-state index contributed by atoms with van der Waals surface area (Å²) in [7, 11) is 0. The van der Waals surface area contributed by atoms with E-state index in [4.69, 9.17) is 0 Å². The average molecular weight is 270 g/mol. The molecule has 0 unspecified atom stereocenters. The van der Waals surface area contributed by atoms with Crippen molar-refractivity contribution in [2.45, 2.75) is 19.9 Å². The minimum absolute atomic E-state index is 0. The van der Waals surface area contributed by atoms with Crippen LogP contribution in [0.3, 0.4) is 0 Å². The third kappa shape index (κ3) is 4.35. The van der Waals surface area contributed by atoms with E-state index >= 15 is 0 Å². The molecule has 0 aliphatic heterocycles. The number of hydrogen-bond acceptors (Lipinski definition) is 1. The Balaban J connectivity index is 0. The number of aryl methyl sites for hydroxylation is 1. The van der Waals surface area contributed by atoms with Gasteiger partial charge in [0.15, 0.2) is 0 Å². The molecule has 0 aliphatic carbocycles. The Kier molecular flexibility index (Phi) is 10.0. The van der Waals surface area contributed by atoms with Crippen molar-refractivity contribution in [3.63, 3.8) is 0 Å². The van der Waals surface area contributed by atoms with Crippen LogP contribution in [0.1, 0.15) is 13.3 Å². The Labute approximate surface area is 93.8 Å². The molecule has 0 bridgehead atoms. The van der Waals surface area contributed by atoms with Gasteiger partial charge in [-0.1, -0.05) is 6.92 Å². The summed E-state index contributed by atoms with van der Waals surface area (Å²) in [4.78, 5) is 3.90. The van der Waals surface area contributed by atoms with Gasteiger partial charge in [-0.3, -0.25) is 4.70 Å². The van der Waals surface area contributed by atoms with Gasteiger partial charge in [-0.05, 0) is 6.42 Å². The molecule has 2 nitrogen and oxygen atoms in total. The molecule has 56 valence electrons. The van der Waals surface area contributed by atoms with Crippen LogP contribution < -0.4 is 0 Å². The van der Waals surface area contributed by atoms with Gasteiger partial charge < -0.3 is 4.57 Å². The van der Waals surface area contributed by atoms with Crippen LogP contribution in [0.4, 0.5) is 4.70 Å². The van der Waals surface area contributed by atoms with Crippen molar-refractivity contribution in [2.75, 3.05) is 0 Å². The molecule has 0 radical (unpaired) electrons. The Hall–Kier alpha value is 0.517. The van der Waals surface area contributed by atoms with Crippen molar-refractivity contribution in [3.8, 4) is 0 Å². The molecule has 0 atom stereocenters. The van der Waals surface area contributed by atoms with Crippen molar-refractivity contribution in [3.05, 3.63) is 18.7 Å². The summed E-state index contributed by atoms with van der Waals surface area (Å²) in [5, 5.41) is 0. The zero-order valence-corrected chi connectivity index (χ0v) is 9.09. The Morgan fingerprint density at radius 1 is 1.50 bits per heavy atom. The van der Waals surface area contributed by atoms with Crippen molar-refractivity contribution < 1.29 is 46.5 Å². The maximum atomic E-state index is 3.90. The smallest absolute Gasteiger partial charge is 0.0945 e. The molecular formula is C6H11CeFN2. The fraction of sp³-hybridized carbons (Fsp3) is 0.500. The molecule has 1 rings (SSSR count). The van der Waals surface area contributed by atoms with E-state index in [0.29, 0.717) is 0 Å². The number of rotatable bonds is 2. The van der Waals surface area contributed by atoms with Crippen molar-refractivity contribution >= 4 is 0 Å². The van der Waals surface area contributed by atoms with Gasteiger partial charge in [-0.25, -0.2) is 4.98 Å². The molecule has 0 N–H and O–H groups in total. The summed E-state index contributed by atoms with van der Waals surface area (Å²) in [6.45, 7) is 3.24. The van der Waals surface area contributed by atoms with Gasteiger partial charge in [-0.2, -0.15) is 0 Å². The quantitative estimate of drug-likeness (QED) is 0.795. The topological polar surface area (TPSA) is 17.8 Å². The first-order valence-electron chi connectivity index (χ1n) is 2.89. The van der Waals surface area contributed by atoms with E-state index in [1.807, 2.05) is 12.5 Å². The standard InChI is InChI=1S/C6H10N2.Ce.FH/c1-2-4-8-5-3-7-6-8;;/h3,5-6H,2,4H2,1H3;;1H. The molecular weight excluding hydrogens is 259 g/mol. The van der Waals surface area contributed by atoms with E-state index in [1.54, 1.807) is 6.20 Å². The van der Waals surface area contributed by atoms with Crippen LogP contribution in [0.2, 0.25) is 0 Å². The molecule has 1 heterocycles. The Morgan fingerprint density at radius 3 is 2.60 bits per heavy atom. The number of hydrogen-bond donors (Lipinski definition) is 0. The number of nitrogens with zero attached hydrogens (tertiary/aromatic N) is 2. The molecule has 0 amide bonds. The monoisotopic (exact) mass is 270 g/mol.